The third kappa shape index (κ3) is 3.37. The molecule has 1 saturated heterocycles. The summed E-state index contributed by atoms with van der Waals surface area (Å²) < 4.78 is 0. The number of hydrogen-bond donors (Lipinski definition) is 3. The Labute approximate surface area is 152 Å². The van der Waals surface area contributed by atoms with Gasteiger partial charge in [0.05, 0.1) is 17.6 Å². The van der Waals surface area contributed by atoms with E-state index in [-0.39, 0.29) is 11.7 Å². The van der Waals surface area contributed by atoms with Gasteiger partial charge in [-0.3, -0.25) is 19.3 Å². The summed E-state index contributed by atoms with van der Waals surface area (Å²) in [4.78, 5) is 38.5. The summed E-state index contributed by atoms with van der Waals surface area (Å²) in [7, 11) is 0. The van der Waals surface area contributed by atoms with Crippen molar-refractivity contribution in [1.29, 1.82) is 0 Å². The number of carbonyl (C=O) groups excluding carboxylic acids is 3. The monoisotopic (exact) mass is 359 g/mol. The van der Waals surface area contributed by atoms with Crippen LogP contribution in [0.25, 0.3) is 0 Å². The number of aliphatic hydroxyl groups excluding tert-OH is 1. The topological polar surface area (TPSA) is 113 Å². The van der Waals surface area contributed by atoms with Crippen molar-refractivity contribution in [2.45, 2.75) is 50.4 Å². The Morgan fingerprint density at radius 3 is 2.58 bits per heavy atom. The van der Waals surface area contributed by atoms with Crippen molar-refractivity contribution < 1.29 is 19.5 Å². The van der Waals surface area contributed by atoms with Crippen molar-refractivity contribution >= 4 is 17.6 Å². The lowest BCUT2D eigenvalue weighted by Crippen LogP contribution is -2.56. The minimum atomic E-state index is -1.13. The molecule has 140 valence electrons. The number of likely N-dealkylation sites (tertiary alicyclic amines) is 1. The van der Waals surface area contributed by atoms with Crippen LogP contribution in [-0.4, -0.2) is 51.8 Å². The predicted octanol–water partition coefficient (Wildman–Crippen LogP) is -0.0389. The predicted molar refractivity (Wildman–Crippen MR) is 94.7 cm³/mol. The molecule has 0 aromatic heterocycles. The number of primary amides is 1. The molecule has 1 spiro atoms. The molecule has 26 heavy (non-hydrogen) atoms. The molecule has 1 aromatic rings. The molecule has 0 radical (unpaired) electrons. The molecule has 7 nitrogen and oxygen atoms in total. The van der Waals surface area contributed by atoms with Gasteiger partial charge in [0.15, 0.2) is 5.78 Å². The highest BCUT2D eigenvalue weighted by molar-refractivity contribution is 5.96. The molecule has 1 aliphatic carbocycles. The molecule has 2 unspecified atom stereocenters. The number of aliphatic hydroxyl groups is 1. The Hall–Kier alpha value is -2.25. The first-order valence-electron chi connectivity index (χ1n) is 8.93. The fraction of sp³-hybridized carbons (Fsp3) is 0.526. The largest absolute Gasteiger partial charge is 0.391 e. The van der Waals surface area contributed by atoms with E-state index in [1.165, 1.54) is 6.92 Å². The standard InChI is InChI=1S/C19H25N3O4/c1-12(23)16(17(20)25)21-18(26)14-9-19(8-7-15(19)24)22(11-14)10-13-5-3-2-4-6-13/h2-6,12,14,16,23H,7-11H2,1H3,(H2,20,25)(H,21,26)/t12-,14?,16+,19?/m1/s1. The van der Waals surface area contributed by atoms with E-state index in [1.54, 1.807) is 0 Å². The zero-order valence-electron chi connectivity index (χ0n) is 14.9. The summed E-state index contributed by atoms with van der Waals surface area (Å²) in [6.07, 6.45) is 0.656. The first kappa shape index (κ1) is 18.5. The Balaban J connectivity index is 1.73. The highest BCUT2D eigenvalue weighted by Gasteiger charge is 2.57. The van der Waals surface area contributed by atoms with Crippen molar-refractivity contribution in [1.82, 2.24) is 10.2 Å². The first-order valence-corrected chi connectivity index (χ1v) is 8.93. The van der Waals surface area contributed by atoms with Gasteiger partial charge in [-0.1, -0.05) is 30.3 Å². The fourth-order valence-corrected chi connectivity index (χ4v) is 4.00. The maximum Gasteiger partial charge on any atom is 0.242 e. The van der Waals surface area contributed by atoms with Crippen molar-refractivity contribution in [3.05, 3.63) is 35.9 Å². The summed E-state index contributed by atoms with van der Waals surface area (Å²) in [6, 6.07) is 8.71. The van der Waals surface area contributed by atoms with Crippen LogP contribution in [0.3, 0.4) is 0 Å². The maximum absolute atomic E-state index is 12.6. The number of nitrogens with one attached hydrogen (secondary N) is 1. The molecule has 1 saturated carbocycles. The fourth-order valence-electron chi connectivity index (χ4n) is 4.00. The van der Waals surface area contributed by atoms with Crippen LogP contribution >= 0.6 is 0 Å². The van der Waals surface area contributed by atoms with Gasteiger partial charge in [-0.25, -0.2) is 0 Å². The third-order valence-electron chi connectivity index (χ3n) is 5.59. The number of rotatable bonds is 6. The van der Waals surface area contributed by atoms with Gasteiger partial charge in [0.25, 0.3) is 0 Å². The normalized spacial score (nSPS) is 27.8. The first-order chi connectivity index (χ1) is 12.3. The molecule has 7 heteroatoms. The maximum atomic E-state index is 12.6. The summed E-state index contributed by atoms with van der Waals surface area (Å²) in [5, 5.41) is 12.2. The highest BCUT2D eigenvalue weighted by atomic mass is 16.3. The van der Waals surface area contributed by atoms with Crippen LogP contribution in [-0.2, 0) is 20.9 Å². The van der Waals surface area contributed by atoms with Crippen molar-refractivity contribution in [2.24, 2.45) is 11.7 Å². The quantitative estimate of drug-likeness (QED) is 0.660. The third-order valence-corrected chi connectivity index (χ3v) is 5.59. The number of amides is 2. The van der Waals surface area contributed by atoms with Crippen molar-refractivity contribution in [2.75, 3.05) is 6.54 Å². The van der Waals surface area contributed by atoms with Crippen LogP contribution in [0.4, 0.5) is 0 Å². The van der Waals surface area contributed by atoms with E-state index in [1.807, 2.05) is 30.3 Å². The Morgan fingerprint density at radius 2 is 2.08 bits per heavy atom. The van der Waals surface area contributed by atoms with Gasteiger partial charge < -0.3 is 16.2 Å². The average Bonchev–Trinajstić information content (AvgIpc) is 3.00. The lowest BCUT2D eigenvalue weighted by Gasteiger charge is -2.44. The number of hydrogen-bond acceptors (Lipinski definition) is 5. The van der Waals surface area contributed by atoms with Crippen LogP contribution in [0.15, 0.2) is 30.3 Å². The summed E-state index contributed by atoms with van der Waals surface area (Å²) in [5.41, 5.74) is 5.76. The van der Waals surface area contributed by atoms with E-state index in [0.717, 1.165) is 12.0 Å². The SMILES string of the molecule is C[C@@H](O)[C@H](NC(=O)C1CN(Cc2ccccc2)C2(CCC2=O)C1)C(N)=O. The summed E-state index contributed by atoms with van der Waals surface area (Å²) in [5.74, 6) is -1.36. The van der Waals surface area contributed by atoms with Crippen molar-refractivity contribution in [3.63, 3.8) is 0 Å². The number of carbonyl (C=O) groups is 3. The van der Waals surface area contributed by atoms with Crippen molar-refractivity contribution in [3.8, 4) is 0 Å². The van der Waals surface area contributed by atoms with Gasteiger partial charge >= 0.3 is 0 Å². The molecule has 3 rings (SSSR count). The molecule has 1 aromatic carbocycles. The van der Waals surface area contributed by atoms with Gasteiger partial charge in [-0.15, -0.1) is 0 Å². The molecule has 2 fully saturated rings. The molecule has 1 aliphatic heterocycles. The zero-order valence-corrected chi connectivity index (χ0v) is 14.9. The van der Waals surface area contributed by atoms with Crippen LogP contribution in [0, 0.1) is 5.92 Å². The number of ketones is 1. The van der Waals surface area contributed by atoms with Crippen LogP contribution in [0.2, 0.25) is 0 Å². The van der Waals surface area contributed by atoms with E-state index in [4.69, 9.17) is 5.73 Å². The van der Waals surface area contributed by atoms with E-state index >= 15 is 0 Å². The number of nitrogens with zero attached hydrogens (tertiary/aromatic N) is 1. The van der Waals surface area contributed by atoms with Gasteiger partial charge in [-0.2, -0.15) is 0 Å². The van der Waals surface area contributed by atoms with Crippen LogP contribution in [0.5, 0.6) is 0 Å². The molecule has 4 atom stereocenters. The summed E-state index contributed by atoms with van der Waals surface area (Å²) in [6.45, 7) is 2.45. The minimum absolute atomic E-state index is 0.172. The highest BCUT2D eigenvalue weighted by Crippen LogP contribution is 2.45. The Bertz CT molecular complexity index is 706. The van der Waals surface area contributed by atoms with Crippen LogP contribution < -0.4 is 11.1 Å². The second kappa shape index (κ2) is 7.17. The smallest absolute Gasteiger partial charge is 0.242 e. The average molecular weight is 359 g/mol. The van der Waals surface area contributed by atoms with E-state index in [0.29, 0.717) is 25.9 Å². The van der Waals surface area contributed by atoms with Crippen LogP contribution in [0.1, 0.15) is 31.7 Å². The lowest BCUT2D eigenvalue weighted by atomic mass is 9.72. The Kier molecular flexibility index (Phi) is 5.11. The van der Waals surface area contributed by atoms with E-state index in [2.05, 4.69) is 10.2 Å². The van der Waals surface area contributed by atoms with Gasteiger partial charge in [-0.05, 0) is 25.3 Å². The lowest BCUT2D eigenvalue weighted by molar-refractivity contribution is -0.139. The number of benzene rings is 1. The second-order valence-electron chi connectivity index (χ2n) is 7.35. The Morgan fingerprint density at radius 1 is 1.38 bits per heavy atom. The summed E-state index contributed by atoms with van der Waals surface area (Å²) >= 11 is 0. The molecular formula is C19H25N3O4. The molecule has 2 amide bonds. The van der Waals surface area contributed by atoms with Gasteiger partial charge in [0, 0.05) is 19.5 Å². The van der Waals surface area contributed by atoms with E-state index in [9.17, 15) is 19.5 Å². The van der Waals surface area contributed by atoms with Gasteiger partial charge in [0.1, 0.15) is 6.04 Å². The molecule has 2 aliphatic rings. The zero-order chi connectivity index (χ0) is 18.9. The molecule has 1 heterocycles. The molecule has 0 bridgehead atoms. The van der Waals surface area contributed by atoms with Gasteiger partial charge in [0.2, 0.25) is 11.8 Å². The number of nitrogens with two attached hydrogens (primary N) is 1. The molecular weight excluding hydrogens is 334 g/mol. The number of Topliss-reactive ketones (excluding diaryl/α,β-unsaturated/α-hetero) is 1. The van der Waals surface area contributed by atoms with E-state index < -0.39 is 29.5 Å². The minimum Gasteiger partial charge on any atom is -0.391 e. The second-order valence-corrected chi connectivity index (χ2v) is 7.35. The molecule has 4 N–H and O–H groups in total.